The highest BCUT2D eigenvalue weighted by molar-refractivity contribution is 5.36. The minimum absolute atomic E-state index is 0.0468. The Morgan fingerprint density at radius 1 is 1.48 bits per heavy atom. The molecule has 2 bridgehead atoms. The van der Waals surface area contributed by atoms with Crippen molar-refractivity contribution in [2.75, 3.05) is 6.61 Å². The monoisotopic (exact) mass is 344 g/mol. The third-order valence-corrected chi connectivity index (χ3v) is 4.73. The van der Waals surface area contributed by atoms with E-state index in [9.17, 15) is 9.90 Å². The van der Waals surface area contributed by atoms with E-state index in [0.29, 0.717) is 36.5 Å². The first-order valence-corrected chi connectivity index (χ1v) is 8.08. The van der Waals surface area contributed by atoms with Crippen LogP contribution in [0.15, 0.2) is 29.3 Å². The number of H-pyrrole nitrogens is 1. The minimum atomic E-state index is -1.30. The molecule has 2 fully saturated rings. The molecule has 2 aliphatic rings. The van der Waals surface area contributed by atoms with Gasteiger partial charge in [0, 0.05) is 18.3 Å². The van der Waals surface area contributed by atoms with Gasteiger partial charge in [-0.15, -0.1) is 5.10 Å². The number of hydrogen-bond donors (Lipinski definition) is 2. The quantitative estimate of drug-likeness (QED) is 0.650. The molecule has 0 radical (unpaired) electrons. The molecule has 3 aromatic rings. The predicted octanol–water partition coefficient (Wildman–Crippen LogP) is -0.615. The van der Waals surface area contributed by atoms with Crippen molar-refractivity contribution in [1.29, 1.82) is 0 Å². The van der Waals surface area contributed by atoms with Gasteiger partial charge in [-0.3, -0.25) is 9.89 Å². The molecule has 5 heterocycles. The molecule has 5 rings (SSSR count). The van der Waals surface area contributed by atoms with E-state index in [-0.39, 0.29) is 18.2 Å². The molecule has 0 amide bonds. The Bertz CT molecular complexity index is 993. The second kappa shape index (κ2) is 5.22. The van der Waals surface area contributed by atoms with E-state index in [1.807, 2.05) is 0 Å². The largest absolute Gasteiger partial charge is 0.378 e. The highest BCUT2D eigenvalue weighted by Crippen LogP contribution is 2.40. The van der Waals surface area contributed by atoms with Gasteiger partial charge in [-0.25, -0.2) is 14.2 Å². The van der Waals surface area contributed by atoms with Crippen LogP contribution in [0.3, 0.4) is 0 Å². The zero-order valence-corrected chi connectivity index (χ0v) is 13.2. The van der Waals surface area contributed by atoms with Crippen LogP contribution in [-0.2, 0) is 21.6 Å². The van der Waals surface area contributed by atoms with Crippen LogP contribution in [0, 0.1) is 0 Å². The Labute approximate surface area is 141 Å². The van der Waals surface area contributed by atoms with Gasteiger partial charge in [0.1, 0.15) is 5.69 Å². The molecule has 2 saturated heterocycles. The Kier molecular flexibility index (Phi) is 3.08. The van der Waals surface area contributed by atoms with E-state index < -0.39 is 11.9 Å². The summed E-state index contributed by atoms with van der Waals surface area (Å²) in [6, 6.07) is 3.15. The van der Waals surface area contributed by atoms with Gasteiger partial charge in [-0.05, 0) is 12.8 Å². The van der Waals surface area contributed by atoms with Crippen LogP contribution in [0.25, 0.3) is 5.65 Å². The second-order valence-electron chi connectivity index (χ2n) is 6.43. The standard InChI is InChI=1S/C15H16N6O4/c22-13-5-9(17-12-2-4-16-21(12)13)6-20-7-11(18-19-20)15(23)3-1-10-8-24-14(15)25-10/h2,4-5,7,10,14,16,23H,1,3,6,8H2/t10-,14+,15?/m0/s1. The van der Waals surface area contributed by atoms with Crippen molar-refractivity contribution in [3.63, 3.8) is 0 Å². The molecule has 10 heteroatoms. The van der Waals surface area contributed by atoms with Crippen molar-refractivity contribution in [3.8, 4) is 0 Å². The van der Waals surface area contributed by atoms with Crippen LogP contribution < -0.4 is 5.56 Å². The topological polar surface area (TPSA) is 120 Å². The van der Waals surface area contributed by atoms with Gasteiger partial charge in [0.25, 0.3) is 5.56 Å². The number of ether oxygens (including phenoxy) is 2. The maximum Gasteiger partial charge on any atom is 0.272 e. The van der Waals surface area contributed by atoms with Crippen molar-refractivity contribution >= 4 is 5.65 Å². The highest BCUT2D eigenvalue weighted by Gasteiger charge is 2.51. The van der Waals surface area contributed by atoms with Crippen molar-refractivity contribution < 1.29 is 14.6 Å². The lowest BCUT2D eigenvalue weighted by Crippen LogP contribution is -2.44. The summed E-state index contributed by atoms with van der Waals surface area (Å²) in [4.78, 5) is 16.4. The zero-order chi connectivity index (χ0) is 17.0. The van der Waals surface area contributed by atoms with E-state index >= 15 is 0 Å². The van der Waals surface area contributed by atoms with Gasteiger partial charge in [-0.1, -0.05) is 5.21 Å². The smallest absolute Gasteiger partial charge is 0.272 e. The SMILES string of the molecule is O=c1cc(Cn2cc(C3(O)CC[C@H]4CO[C@@H]3O4)nn2)nc2cc[nH]n12. The Morgan fingerprint density at radius 3 is 3.32 bits per heavy atom. The number of rotatable bonds is 3. The maximum absolute atomic E-state index is 12.0. The number of hydrogen-bond acceptors (Lipinski definition) is 7. The van der Waals surface area contributed by atoms with Gasteiger partial charge in [0.2, 0.25) is 0 Å². The fourth-order valence-corrected chi connectivity index (χ4v) is 3.40. The molecule has 130 valence electrons. The van der Waals surface area contributed by atoms with E-state index in [1.54, 1.807) is 23.1 Å². The van der Waals surface area contributed by atoms with Crippen LogP contribution in [0.1, 0.15) is 24.2 Å². The van der Waals surface area contributed by atoms with Crippen LogP contribution >= 0.6 is 0 Å². The normalized spacial score (nSPS) is 28.7. The van der Waals surface area contributed by atoms with E-state index in [2.05, 4.69) is 20.4 Å². The van der Waals surface area contributed by atoms with Crippen LogP contribution in [0.5, 0.6) is 0 Å². The fourth-order valence-electron chi connectivity index (χ4n) is 3.40. The van der Waals surface area contributed by atoms with Gasteiger partial charge in [0.15, 0.2) is 17.5 Å². The van der Waals surface area contributed by atoms with Crippen molar-refractivity contribution in [1.82, 2.24) is 29.6 Å². The molecule has 1 unspecified atom stereocenters. The lowest BCUT2D eigenvalue weighted by Gasteiger charge is -2.34. The molecule has 2 aliphatic heterocycles. The summed E-state index contributed by atoms with van der Waals surface area (Å²) in [5.74, 6) is 0. The number of nitrogens with one attached hydrogen (secondary N) is 1. The van der Waals surface area contributed by atoms with Crippen LogP contribution in [0.2, 0.25) is 0 Å². The number of aliphatic hydroxyl groups is 1. The molecular weight excluding hydrogens is 328 g/mol. The second-order valence-corrected chi connectivity index (χ2v) is 6.43. The van der Waals surface area contributed by atoms with Crippen molar-refractivity contribution in [2.45, 2.75) is 37.4 Å². The first kappa shape index (κ1) is 14.8. The third-order valence-electron chi connectivity index (χ3n) is 4.73. The lowest BCUT2D eigenvalue weighted by molar-refractivity contribution is -0.219. The first-order chi connectivity index (χ1) is 12.1. The molecule has 3 aromatic heterocycles. The molecule has 10 nitrogen and oxygen atoms in total. The summed E-state index contributed by atoms with van der Waals surface area (Å²) in [7, 11) is 0. The Hall–Kier alpha value is -2.56. The van der Waals surface area contributed by atoms with Crippen molar-refractivity contribution in [3.05, 3.63) is 46.3 Å². The molecular formula is C15H16N6O4. The molecule has 0 aromatic carbocycles. The average molecular weight is 344 g/mol. The minimum Gasteiger partial charge on any atom is -0.378 e. The highest BCUT2D eigenvalue weighted by atomic mass is 16.7. The average Bonchev–Trinajstić information content (AvgIpc) is 3.32. The van der Waals surface area contributed by atoms with Crippen LogP contribution in [0.4, 0.5) is 0 Å². The third kappa shape index (κ3) is 2.29. The summed E-state index contributed by atoms with van der Waals surface area (Å²) in [5, 5.41) is 21.9. The predicted molar refractivity (Wildman–Crippen MR) is 82.7 cm³/mol. The Balaban J connectivity index is 1.43. The number of aromatic nitrogens is 6. The van der Waals surface area contributed by atoms with E-state index in [0.717, 1.165) is 0 Å². The number of nitrogens with zero attached hydrogens (tertiary/aromatic N) is 5. The van der Waals surface area contributed by atoms with Gasteiger partial charge < -0.3 is 14.6 Å². The summed E-state index contributed by atoms with van der Waals surface area (Å²) < 4.78 is 14.1. The molecule has 0 spiro atoms. The van der Waals surface area contributed by atoms with Crippen LogP contribution in [-0.4, -0.2) is 53.7 Å². The Morgan fingerprint density at radius 2 is 2.40 bits per heavy atom. The van der Waals surface area contributed by atoms with Gasteiger partial charge in [-0.2, -0.15) is 0 Å². The zero-order valence-electron chi connectivity index (χ0n) is 13.2. The molecule has 25 heavy (non-hydrogen) atoms. The summed E-state index contributed by atoms with van der Waals surface area (Å²) in [5.41, 5.74) is -0.00646. The maximum atomic E-state index is 12.0. The molecule has 0 saturated carbocycles. The van der Waals surface area contributed by atoms with Gasteiger partial charge >= 0.3 is 0 Å². The van der Waals surface area contributed by atoms with Crippen molar-refractivity contribution in [2.24, 2.45) is 0 Å². The van der Waals surface area contributed by atoms with E-state index in [4.69, 9.17) is 9.47 Å². The summed E-state index contributed by atoms with van der Waals surface area (Å²) >= 11 is 0. The molecule has 0 aliphatic carbocycles. The van der Waals surface area contributed by atoms with E-state index in [1.165, 1.54) is 10.6 Å². The summed E-state index contributed by atoms with van der Waals surface area (Å²) in [6.45, 7) is 0.765. The number of aromatic amines is 1. The fraction of sp³-hybridized carbons (Fsp3) is 0.467. The molecule has 2 N–H and O–H groups in total. The first-order valence-electron chi connectivity index (χ1n) is 8.08. The number of fused-ring (bicyclic) bond motifs is 3. The lowest BCUT2D eigenvalue weighted by atomic mass is 9.90. The van der Waals surface area contributed by atoms with Gasteiger partial charge in [0.05, 0.1) is 31.1 Å². The summed E-state index contributed by atoms with van der Waals surface area (Å²) in [6.07, 6.45) is 3.85. The molecule has 3 atom stereocenters.